The molecule has 6 heteroatoms. The summed E-state index contributed by atoms with van der Waals surface area (Å²) in [6, 6.07) is 5.25. The predicted octanol–water partition coefficient (Wildman–Crippen LogP) is 1.26. The van der Waals surface area contributed by atoms with E-state index < -0.39 is 11.6 Å². The number of fused-ring (bicyclic) bond motifs is 1. The van der Waals surface area contributed by atoms with Crippen LogP contribution >= 0.6 is 0 Å². The summed E-state index contributed by atoms with van der Waals surface area (Å²) in [6.07, 6.45) is 1.03. The molecule has 0 saturated carbocycles. The SMILES string of the molecule is O=C(O)c1n[nH]c2ccc(C3(O)CCOCC3)cc12. The number of carboxylic acid groups (broad SMARTS) is 1. The second-order valence-corrected chi connectivity index (χ2v) is 4.78. The van der Waals surface area contributed by atoms with E-state index in [1.807, 2.05) is 0 Å². The van der Waals surface area contributed by atoms with Crippen LogP contribution in [0.5, 0.6) is 0 Å². The topological polar surface area (TPSA) is 95.4 Å². The zero-order chi connectivity index (χ0) is 13.5. The highest BCUT2D eigenvalue weighted by molar-refractivity contribution is 6.01. The fraction of sp³-hybridized carbons (Fsp3) is 0.385. The van der Waals surface area contributed by atoms with Gasteiger partial charge in [-0.25, -0.2) is 4.79 Å². The van der Waals surface area contributed by atoms with Crippen molar-refractivity contribution in [3.05, 3.63) is 29.5 Å². The van der Waals surface area contributed by atoms with E-state index in [-0.39, 0.29) is 5.69 Å². The maximum absolute atomic E-state index is 11.1. The lowest BCUT2D eigenvalue weighted by molar-refractivity contribution is -0.0678. The molecule has 3 N–H and O–H groups in total. The Morgan fingerprint density at radius 1 is 1.37 bits per heavy atom. The number of aliphatic hydroxyl groups is 1. The largest absolute Gasteiger partial charge is 0.476 e. The van der Waals surface area contributed by atoms with Gasteiger partial charge in [0.1, 0.15) is 0 Å². The van der Waals surface area contributed by atoms with Crippen molar-refractivity contribution in [1.29, 1.82) is 0 Å². The van der Waals surface area contributed by atoms with Gasteiger partial charge in [0.25, 0.3) is 0 Å². The molecule has 0 amide bonds. The second-order valence-electron chi connectivity index (χ2n) is 4.78. The Kier molecular flexibility index (Phi) is 2.76. The molecule has 0 aliphatic carbocycles. The summed E-state index contributed by atoms with van der Waals surface area (Å²) in [6.45, 7) is 1.01. The number of rotatable bonds is 2. The van der Waals surface area contributed by atoms with Crippen molar-refractivity contribution in [2.75, 3.05) is 13.2 Å². The lowest BCUT2D eigenvalue weighted by atomic mass is 9.86. The molecule has 0 spiro atoms. The molecule has 0 bridgehead atoms. The molecule has 0 unspecified atom stereocenters. The van der Waals surface area contributed by atoms with E-state index in [4.69, 9.17) is 9.84 Å². The standard InChI is InChI=1S/C13H14N2O4/c16-12(17)11-9-7-8(1-2-10(9)14-15-11)13(18)3-5-19-6-4-13/h1-2,7,18H,3-6H2,(H,14,15)(H,16,17). The Morgan fingerprint density at radius 2 is 2.11 bits per heavy atom. The second kappa shape index (κ2) is 4.32. The number of hydrogen-bond acceptors (Lipinski definition) is 4. The lowest BCUT2D eigenvalue weighted by Gasteiger charge is -2.32. The third kappa shape index (κ3) is 1.98. The Hall–Kier alpha value is -1.92. The molecular formula is C13H14N2O4. The summed E-state index contributed by atoms with van der Waals surface area (Å²) in [4.78, 5) is 11.1. The number of H-pyrrole nitrogens is 1. The number of hydrogen-bond donors (Lipinski definition) is 3. The molecule has 1 aliphatic rings. The normalized spacial score (nSPS) is 18.6. The first-order valence-corrected chi connectivity index (χ1v) is 6.12. The highest BCUT2D eigenvalue weighted by Gasteiger charge is 2.32. The number of carboxylic acids is 1. The van der Waals surface area contributed by atoms with Gasteiger partial charge in [-0.05, 0) is 17.7 Å². The van der Waals surface area contributed by atoms with Gasteiger partial charge < -0.3 is 14.9 Å². The minimum Gasteiger partial charge on any atom is -0.476 e. The van der Waals surface area contributed by atoms with Crippen LogP contribution in [0, 0.1) is 0 Å². The molecule has 19 heavy (non-hydrogen) atoms. The number of benzene rings is 1. The van der Waals surface area contributed by atoms with Crippen LogP contribution < -0.4 is 0 Å². The summed E-state index contributed by atoms with van der Waals surface area (Å²) >= 11 is 0. The van der Waals surface area contributed by atoms with Crippen LogP contribution in [0.2, 0.25) is 0 Å². The number of ether oxygens (including phenoxy) is 1. The minimum atomic E-state index is -1.08. The summed E-state index contributed by atoms with van der Waals surface area (Å²) in [5.41, 5.74) is 0.399. The first-order chi connectivity index (χ1) is 9.10. The van der Waals surface area contributed by atoms with Gasteiger partial charge in [0.15, 0.2) is 5.69 Å². The van der Waals surface area contributed by atoms with Crippen LogP contribution in [0.15, 0.2) is 18.2 Å². The fourth-order valence-electron chi connectivity index (χ4n) is 2.46. The summed E-state index contributed by atoms with van der Waals surface area (Å²) < 4.78 is 5.25. The van der Waals surface area contributed by atoms with Crippen molar-refractivity contribution in [1.82, 2.24) is 10.2 Å². The van der Waals surface area contributed by atoms with Crippen LogP contribution in [-0.4, -0.2) is 39.6 Å². The Balaban J connectivity index is 2.09. The summed E-state index contributed by atoms with van der Waals surface area (Å²) in [7, 11) is 0. The monoisotopic (exact) mass is 262 g/mol. The third-order valence-electron chi connectivity index (χ3n) is 3.62. The number of carbonyl (C=O) groups is 1. The number of aromatic nitrogens is 2. The van der Waals surface area contributed by atoms with Crippen LogP contribution in [-0.2, 0) is 10.3 Å². The molecule has 0 atom stereocenters. The number of aromatic carboxylic acids is 1. The van der Waals surface area contributed by atoms with Crippen LogP contribution in [0.4, 0.5) is 0 Å². The molecule has 6 nitrogen and oxygen atoms in total. The van der Waals surface area contributed by atoms with Crippen LogP contribution in [0.1, 0.15) is 28.9 Å². The van der Waals surface area contributed by atoms with Gasteiger partial charge in [0, 0.05) is 31.4 Å². The Bertz CT molecular complexity index is 629. The van der Waals surface area contributed by atoms with Crippen LogP contribution in [0.25, 0.3) is 10.9 Å². The highest BCUT2D eigenvalue weighted by atomic mass is 16.5. The summed E-state index contributed by atoms with van der Waals surface area (Å²) in [5.74, 6) is -1.08. The van der Waals surface area contributed by atoms with E-state index in [1.165, 1.54) is 0 Å². The summed E-state index contributed by atoms with van der Waals surface area (Å²) in [5, 5.41) is 26.6. The van der Waals surface area contributed by atoms with Crippen molar-refractivity contribution in [3.8, 4) is 0 Å². The average Bonchev–Trinajstić information content (AvgIpc) is 2.82. The fourth-order valence-corrected chi connectivity index (χ4v) is 2.46. The zero-order valence-electron chi connectivity index (χ0n) is 10.2. The first-order valence-electron chi connectivity index (χ1n) is 6.12. The average molecular weight is 262 g/mol. The van der Waals surface area contributed by atoms with Crippen molar-refractivity contribution in [3.63, 3.8) is 0 Å². The Labute approximate surface area is 109 Å². The smallest absolute Gasteiger partial charge is 0.357 e. The molecule has 2 heterocycles. The van der Waals surface area contributed by atoms with E-state index >= 15 is 0 Å². The molecule has 3 rings (SSSR count). The minimum absolute atomic E-state index is 0.0208. The van der Waals surface area contributed by atoms with E-state index in [9.17, 15) is 9.90 Å². The van der Waals surface area contributed by atoms with Crippen molar-refractivity contribution in [2.24, 2.45) is 0 Å². The van der Waals surface area contributed by atoms with Crippen molar-refractivity contribution < 1.29 is 19.7 Å². The van der Waals surface area contributed by atoms with Gasteiger partial charge in [-0.2, -0.15) is 5.10 Å². The first kappa shape index (κ1) is 12.1. The quantitative estimate of drug-likeness (QED) is 0.757. The van der Waals surface area contributed by atoms with Crippen LogP contribution in [0.3, 0.4) is 0 Å². The Morgan fingerprint density at radius 3 is 2.79 bits per heavy atom. The van der Waals surface area contributed by atoms with E-state index in [0.717, 1.165) is 0 Å². The van der Waals surface area contributed by atoms with Gasteiger partial charge in [-0.3, -0.25) is 5.10 Å². The van der Waals surface area contributed by atoms with Crippen molar-refractivity contribution in [2.45, 2.75) is 18.4 Å². The predicted molar refractivity (Wildman–Crippen MR) is 67.0 cm³/mol. The third-order valence-corrected chi connectivity index (χ3v) is 3.62. The number of aromatic amines is 1. The molecular weight excluding hydrogens is 248 g/mol. The maximum atomic E-state index is 11.1. The molecule has 1 aliphatic heterocycles. The van der Waals surface area contributed by atoms with E-state index in [2.05, 4.69) is 10.2 Å². The van der Waals surface area contributed by atoms with E-state index in [1.54, 1.807) is 18.2 Å². The molecule has 1 aromatic carbocycles. The zero-order valence-corrected chi connectivity index (χ0v) is 10.2. The van der Waals surface area contributed by atoms with Gasteiger partial charge in [0.05, 0.1) is 11.1 Å². The number of nitrogens with zero attached hydrogens (tertiary/aromatic N) is 1. The van der Waals surface area contributed by atoms with Gasteiger partial charge in [0.2, 0.25) is 0 Å². The molecule has 1 aromatic heterocycles. The number of nitrogens with one attached hydrogen (secondary N) is 1. The van der Waals surface area contributed by atoms with Gasteiger partial charge in [-0.15, -0.1) is 0 Å². The molecule has 0 radical (unpaired) electrons. The lowest BCUT2D eigenvalue weighted by Crippen LogP contribution is -2.33. The molecule has 1 saturated heterocycles. The molecule has 2 aromatic rings. The van der Waals surface area contributed by atoms with Gasteiger partial charge >= 0.3 is 5.97 Å². The maximum Gasteiger partial charge on any atom is 0.357 e. The highest BCUT2D eigenvalue weighted by Crippen LogP contribution is 2.33. The van der Waals surface area contributed by atoms with Crippen molar-refractivity contribution >= 4 is 16.9 Å². The van der Waals surface area contributed by atoms with E-state index in [0.29, 0.717) is 42.5 Å². The molecule has 1 fully saturated rings. The molecule has 100 valence electrons. The van der Waals surface area contributed by atoms with Gasteiger partial charge in [-0.1, -0.05) is 6.07 Å².